The van der Waals surface area contributed by atoms with Gasteiger partial charge in [0.05, 0.1) is 9.26 Å². The van der Waals surface area contributed by atoms with Crippen LogP contribution in [0.2, 0.25) is 0 Å². The number of aromatic nitrogens is 2. The summed E-state index contributed by atoms with van der Waals surface area (Å²) in [5.41, 5.74) is 1.12. The van der Waals surface area contributed by atoms with E-state index in [-0.39, 0.29) is 0 Å². The lowest BCUT2D eigenvalue weighted by atomic mass is 10.2. The van der Waals surface area contributed by atoms with E-state index in [1.54, 1.807) is 11.3 Å². The van der Waals surface area contributed by atoms with E-state index in [1.807, 2.05) is 7.05 Å². The number of thiophene rings is 1. The molecule has 2 aromatic rings. The van der Waals surface area contributed by atoms with Gasteiger partial charge in [0.1, 0.15) is 11.6 Å². The molecule has 0 bridgehead atoms. The van der Waals surface area contributed by atoms with Crippen molar-refractivity contribution in [3.05, 3.63) is 37.5 Å². The van der Waals surface area contributed by atoms with Crippen LogP contribution in [-0.2, 0) is 12.8 Å². The van der Waals surface area contributed by atoms with E-state index in [4.69, 9.17) is 0 Å². The zero-order valence-corrected chi connectivity index (χ0v) is 12.8. The Hall–Kier alpha value is -0.690. The van der Waals surface area contributed by atoms with E-state index in [1.165, 1.54) is 4.88 Å². The highest BCUT2D eigenvalue weighted by atomic mass is 127. The van der Waals surface area contributed by atoms with Crippen molar-refractivity contribution in [1.82, 2.24) is 9.97 Å². The van der Waals surface area contributed by atoms with Crippen LogP contribution in [0.1, 0.15) is 23.3 Å². The maximum absolute atomic E-state index is 4.62. The van der Waals surface area contributed by atoms with Crippen molar-refractivity contribution < 1.29 is 0 Å². The Morgan fingerprint density at radius 3 is 2.82 bits per heavy atom. The predicted octanol–water partition coefficient (Wildman–Crippen LogP) is 3.34. The smallest absolute Gasteiger partial charge is 0.143 e. The van der Waals surface area contributed by atoms with Crippen LogP contribution in [-0.4, -0.2) is 17.0 Å². The van der Waals surface area contributed by atoms with Gasteiger partial charge in [0.2, 0.25) is 0 Å². The Balaban J connectivity index is 2.34. The van der Waals surface area contributed by atoms with E-state index >= 15 is 0 Å². The maximum atomic E-state index is 4.62. The van der Waals surface area contributed by atoms with Gasteiger partial charge in [-0.15, -0.1) is 11.3 Å². The number of anilines is 1. The molecule has 1 N–H and O–H groups in total. The van der Waals surface area contributed by atoms with E-state index in [9.17, 15) is 0 Å². The fraction of sp³-hybridized carbons (Fsp3) is 0.333. The first kappa shape index (κ1) is 12.8. The van der Waals surface area contributed by atoms with Gasteiger partial charge in [-0.25, -0.2) is 9.97 Å². The summed E-state index contributed by atoms with van der Waals surface area (Å²) in [4.78, 5) is 10.5. The first-order valence-electron chi connectivity index (χ1n) is 5.50. The predicted molar refractivity (Wildman–Crippen MR) is 80.8 cm³/mol. The van der Waals surface area contributed by atoms with Crippen LogP contribution in [0.25, 0.3) is 0 Å². The number of nitrogens with one attached hydrogen (secondary N) is 1. The first-order chi connectivity index (χ1) is 8.24. The highest BCUT2D eigenvalue weighted by Gasteiger charge is 2.10. The van der Waals surface area contributed by atoms with Crippen LogP contribution < -0.4 is 5.32 Å². The Labute approximate surface area is 119 Å². The quantitative estimate of drug-likeness (QED) is 0.851. The number of hydrogen-bond acceptors (Lipinski definition) is 4. The van der Waals surface area contributed by atoms with Gasteiger partial charge >= 0.3 is 0 Å². The van der Waals surface area contributed by atoms with Crippen LogP contribution >= 0.6 is 33.9 Å². The molecular weight excluding hydrogens is 345 g/mol. The van der Waals surface area contributed by atoms with Gasteiger partial charge in [0.25, 0.3) is 0 Å². The summed E-state index contributed by atoms with van der Waals surface area (Å²) in [7, 11) is 1.90. The third kappa shape index (κ3) is 2.95. The zero-order valence-electron chi connectivity index (χ0n) is 9.83. The summed E-state index contributed by atoms with van der Waals surface area (Å²) in [5, 5.41) is 5.22. The van der Waals surface area contributed by atoms with Gasteiger partial charge in [0, 0.05) is 18.3 Å². The van der Waals surface area contributed by atoms with Crippen molar-refractivity contribution in [3.63, 3.8) is 0 Å². The van der Waals surface area contributed by atoms with E-state index in [0.29, 0.717) is 0 Å². The summed E-state index contributed by atoms with van der Waals surface area (Å²) in [6, 6.07) is 4.18. The van der Waals surface area contributed by atoms with Gasteiger partial charge in [0.15, 0.2) is 0 Å². The van der Waals surface area contributed by atoms with Crippen molar-refractivity contribution in [2.24, 2.45) is 0 Å². The summed E-state index contributed by atoms with van der Waals surface area (Å²) in [6.07, 6.45) is 1.75. The van der Waals surface area contributed by atoms with Crippen LogP contribution in [0.4, 0.5) is 5.82 Å². The topological polar surface area (TPSA) is 37.8 Å². The molecule has 0 amide bonds. The minimum atomic E-state index is 0.816. The largest absolute Gasteiger partial charge is 0.372 e. The second-order valence-corrected chi connectivity index (χ2v) is 5.72. The second kappa shape index (κ2) is 5.77. The van der Waals surface area contributed by atoms with E-state index in [2.05, 4.69) is 62.3 Å². The number of aryl methyl sites for hydroxylation is 1. The molecule has 0 radical (unpaired) electrons. The molecule has 2 rings (SSSR count). The number of hydrogen-bond donors (Lipinski definition) is 1. The molecule has 0 aliphatic rings. The molecule has 5 heteroatoms. The Morgan fingerprint density at radius 2 is 2.24 bits per heavy atom. The van der Waals surface area contributed by atoms with Crippen LogP contribution in [0.3, 0.4) is 0 Å². The van der Waals surface area contributed by atoms with Crippen molar-refractivity contribution in [3.8, 4) is 0 Å². The minimum Gasteiger partial charge on any atom is -0.372 e. The molecule has 17 heavy (non-hydrogen) atoms. The minimum absolute atomic E-state index is 0.816. The zero-order chi connectivity index (χ0) is 12.3. The van der Waals surface area contributed by atoms with E-state index in [0.717, 1.165) is 33.7 Å². The third-order valence-corrected chi connectivity index (χ3v) is 4.46. The van der Waals surface area contributed by atoms with Crippen molar-refractivity contribution in [2.75, 3.05) is 12.4 Å². The Kier molecular flexibility index (Phi) is 4.33. The fourth-order valence-corrected chi connectivity index (χ4v) is 3.19. The van der Waals surface area contributed by atoms with Gasteiger partial charge in [-0.05, 0) is 40.5 Å². The molecule has 0 spiro atoms. The Morgan fingerprint density at radius 1 is 1.41 bits per heavy atom. The average Bonchev–Trinajstić information content (AvgIpc) is 2.84. The Bertz CT molecular complexity index is 471. The van der Waals surface area contributed by atoms with Crippen molar-refractivity contribution in [2.45, 2.75) is 19.8 Å². The molecule has 0 fully saturated rings. The fourth-order valence-electron chi connectivity index (χ4n) is 1.59. The molecule has 0 saturated carbocycles. The molecule has 2 aromatic heterocycles. The lowest BCUT2D eigenvalue weighted by molar-refractivity contribution is 0.903. The van der Waals surface area contributed by atoms with Gasteiger partial charge in [-0.1, -0.05) is 13.0 Å². The molecular formula is C12H14IN3S. The standard InChI is InChI=1S/C12H14IN3S/c1-3-9-11(13)12(14-2)16-10(15-9)7-8-5-4-6-17-8/h4-6H,3,7H2,1-2H3,(H,14,15,16). The molecule has 2 heterocycles. The normalized spacial score (nSPS) is 10.5. The van der Waals surface area contributed by atoms with E-state index < -0.39 is 0 Å². The summed E-state index contributed by atoms with van der Waals surface area (Å²) < 4.78 is 1.13. The number of rotatable bonds is 4. The lowest BCUT2D eigenvalue weighted by Gasteiger charge is -2.09. The molecule has 0 atom stereocenters. The van der Waals surface area contributed by atoms with Crippen molar-refractivity contribution >= 4 is 39.7 Å². The van der Waals surface area contributed by atoms with Crippen LogP contribution in [0, 0.1) is 3.57 Å². The molecule has 0 saturated heterocycles. The summed E-state index contributed by atoms with van der Waals surface area (Å²) in [5.74, 6) is 1.83. The SMILES string of the molecule is CCc1nc(Cc2cccs2)nc(NC)c1I. The number of nitrogens with zero attached hydrogens (tertiary/aromatic N) is 2. The van der Waals surface area contributed by atoms with Gasteiger partial charge in [-0.3, -0.25) is 0 Å². The van der Waals surface area contributed by atoms with Crippen molar-refractivity contribution in [1.29, 1.82) is 0 Å². The van der Waals surface area contributed by atoms with Gasteiger partial charge < -0.3 is 5.32 Å². The monoisotopic (exact) mass is 359 g/mol. The summed E-state index contributed by atoms with van der Waals surface area (Å²) in [6.45, 7) is 2.12. The second-order valence-electron chi connectivity index (χ2n) is 3.61. The molecule has 0 aliphatic carbocycles. The molecule has 0 aromatic carbocycles. The molecule has 0 unspecified atom stereocenters. The lowest BCUT2D eigenvalue weighted by Crippen LogP contribution is -2.07. The first-order valence-corrected chi connectivity index (χ1v) is 7.45. The highest BCUT2D eigenvalue weighted by molar-refractivity contribution is 14.1. The maximum Gasteiger partial charge on any atom is 0.143 e. The number of halogens is 1. The van der Waals surface area contributed by atoms with Crippen LogP contribution in [0.5, 0.6) is 0 Å². The molecule has 0 aliphatic heterocycles. The average molecular weight is 359 g/mol. The molecule has 3 nitrogen and oxygen atoms in total. The third-order valence-electron chi connectivity index (χ3n) is 2.45. The van der Waals surface area contributed by atoms with Gasteiger partial charge in [-0.2, -0.15) is 0 Å². The summed E-state index contributed by atoms with van der Waals surface area (Å²) >= 11 is 4.05. The molecule has 90 valence electrons. The highest BCUT2D eigenvalue weighted by Crippen LogP contribution is 2.21. The van der Waals surface area contributed by atoms with Crippen LogP contribution in [0.15, 0.2) is 17.5 Å².